The summed E-state index contributed by atoms with van der Waals surface area (Å²) in [6, 6.07) is 3.04. The quantitative estimate of drug-likeness (QED) is 0.782. The number of nitrogens with one attached hydrogen (secondary N) is 1. The first kappa shape index (κ1) is 10.8. The van der Waals surface area contributed by atoms with Crippen LogP contribution < -0.4 is 0 Å². The van der Waals surface area contributed by atoms with Crippen LogP contribution in [0.2, 0.25) is 5.02 Å². The molecule has 2 aromatic rings. The van der Waals surface area contributed by atoms with E-state index in [0.29, 0.717) is 4.47 Å². The molecule has 2 nitrogen and oxygen atoms in total. The molecule has 0 unspecified atom stereocenters. The smallest absolute Gasteiger partial charge is 0.334 e. The highest BCUT2D eigenvalue weighted by Crippen LogP contribution is 2.33. The van der Waals surface area contributed by atoms with Crippen molar-refractivity contribution in [2.75, 3.05) is 0 Å². The molecule has 0 spiro atoms. The summed E-state index contributed by atoms with van der Waals surface area (Å²) in [6.45, 7) is 0. The lowest BCUT2D eigenvalue weighted by molar-refractivity contribution is -0.144. The number of nitrogens with zero attached hydrogens (tertiary/aromatic N) is 1. The summed E-state index contributed by atoms with van der Waals surface area (Å²) in [4.78, 5) is 5.56. The third-order valence-electron chi connectivity index (χ3n) is 1.81. The van der Waals surface area contributed by atoms with Crippen LogP contribution in [0.5, 0.6) is 0 Å². The Kier molecular flexibility index (Phi) is 2.42. The number of hydrogen-bond donors (Lipinski definition) is 1. The van der Waals surface area contributed by atoms with Crippen LogP contribution in [0.3, 0.4) is 0 Å². The van der Waals surface area contributed by atoms with Gasteiger partial charge in [0.25, 0.3) is 0 Å². The average Bonchev–Trinajstić information content (AvgIpc) is 2.55. The summed E-state index contributed by atoms with van der Waals surface area (Å²) < 4.78 is 37.4. The van der Waals surface area contributed by atoms with Gasteiger partial charge in [0.2, 0.25) is 5.82 Å². The topological polar surface area (TPSA) is 28.7 Å². The molecule has 0 radical (unpaired) electrons. The van der Waals surface area contributed by atoms with Crippen LogP contribution >= 0.6 is 27.5 Å². The lowest BCUT2D eigenvalue weighted by atomic mass is 10.3. The highest BCUT2D eigenvalue weighted by molar-refractivity contribution is 9.10. The molecule has 0 saturated heterocycles. The van der Waals surface area contributed by atoms with Crippen LogP contribution in [0, 0.1) is 0 Å². The lowest BCUT2D eigenvalue weighted by Gasteiger charge is -1.98. The summed E-state index contributed by atoms with van der Waals surface area (Å²) in [6.07, 6.45) is -4.49. The molecule has 2 rings (SSSR count). The van der Waals surface area contributed by atoms with Crippen molar-refractivity contribution in [3.63, 3.8) is 0 Å². The molecule has 0 aliphatic heterocycles. The van der Waals surface area contributed by atoms with E-state index in [4.69, 9.17) is 11.6 Å². The average molecular weight is 299 g/mol. The van der Waals surface area contributed by atoms with E-state index < -0.39 is 12.0 Å². The fourth-order valence-corrected chi connectivity index (χ4v) is 1.68. The molecule has 0 aliphatic carbocycles. The molecular formula is C8H3BrClF3N2. The van der Waals surface area contributed by atoms with Gasteiger partial charge in [-0.25, -0.2) is 4.98 Å². The first-order chi connectivity index (χ1) is 6.89. The molecule has 0 amide bonds. The Bertz CT molecular complexity index is 520. The minimum absolute atomic E-state index is 0.110. The van der Waals surface area contributed by atoms with Crippen molar-refractivity contribution in [3.05, 3.63) is 27.5 Å². The van der Waals surface area contributed by atoms with Crippen LogP contribution in [0.15, 0.2) is 16.6 Å². The molecule has 1 heterocycles. The molecule has 1 aromatic carbocycles. The third-order valence-corrected chi connectivity index (χ3v) is 3.09. The van der Waals surface area contributed by atoms with E-state index in [9.17, 15) is 13.2 Å². The van der Waals surface area contributed by atoms with Gasteiger partial charge in [0.05, 0.1) is 10.5 Å². The number of benzene rings is 1. The SMILES string of the molecule is FC(F)(F)c1nc2c(Cl)c(Br)ccc2[nH]1. The molecular weight excluding hydrogens is 296 g/mol. The summed E-state index contributed by atoms with van der Waals surface area (Å²) in [7, 11) is 0. The standard InChI is InChI=1S/C8H3BrClF3N2/c9-3-1-2-4-6(5(3)10)15-7(14-4)8(11,12)13/h1-2H,(H,14,15). The third kappa shape index (κ3) is 1.83. The van der Waals surface area contributed by atoms with Crippen molar-refractivity contribution in [1.29, 1.82) is 0 Å². The van der Waals surface area contributed by atoms with Crippen molar-refractivity contribution in [3.8, 4) is 0 Å². The molecule has 1 aromatic heterocycles. The van der Waals surface area contributed by atoms with Gasteiger partial charge in [-0.15, -0.1) is 0 Å². The van der Waals surface area contributed by atoms with Gasteiger partial charge in [-0.1, -0.05) is 11.6 Å². The van der Waals surface area contributed by atoms with Gasteiger partial charge in [-0.2, -0.15) is 13.2 Å². The zero-order valence-electron chi connectivity index (χ0n) is 6.99. The highest BCUT2D eigenvalue weighted by Gasteiger charge is 2.35. The van der Waals surface area contributed by atoms with Crippen LogP contribution in [-0.4, -0.2) is 9.97 Å². The lowest BCUT2D eigenvalue weighted by Crippen LogP contribution is -2.06. The first-order valence-corrected chi connectivity index (χ1v) is 4.97. The molecule has 7 heteroatoms. The number of fused-ring (bicyclic) bond motifs is 1. The number of H-pyrrole nitrogens is 1. The van der Waals surface area contributed by atoms with E-state index in [-0.39, 0.29) is 16.1 Å². The molecule has 1 N–H and O–H groups in total. The molecule has 0 saturated carbocycles. The van der Waals surface area contributed by atoms with Gasteiger partial charge in [0.1, 0.15) is 5.52 Å². The molecule has 0 fully saturated rings. The van der Waals surface area contributed by atoms with Crippen molar-refractivity contribution in [2.45, 2.75) is 6.18 Å². The Morgan fingerprint density at radius 2 is 2.00 bits per heavy atom. The number of imidazole rings is 1. The number of halogens is 5. The van der Waals surface area contributed by atoms with E-state index >= 15 is 0 Å². The summed E-state index contributed by atoms with van der Waals surface area (Å²) >= 11 is 8.90. The number of rotatable bonds is 0. The highest BCUT2D eigenvalue weighted by atomic mass is 79.9. The van der Waals surface area contributed by atoms with Crippen molar-refractivity contribution in [1.82, 2.24) is 9.97 Å². The predicted molar refractivity (Wildman–Crippen MR) is 53.8 cm³/mol. The molecule has 0 bridgehead atoms. The molecule has 0 aliphatic rings. The number of aromatic amines is 1. The largest absolute Gasteiger partial charge is 0.449 e. The monoisotopic (exact) mass is 298 g/mol. The summed E-state index contributed by atoms with van der Waals surface area (Å²) in [5.41, 5.74) is 0.369. The summed E-state index contributed by atoms with van der Waals surface area (Å²) in [5, 5.41) is 0.166. The van der Waals surface area contributed by atoms with Gasteiger partial charge >= 0.3 is 6.18 Å². The van der Waals surface area contributed by atoms with Crippen molar-refractivity contribution in [2.24, 2.45) is 0 Å². The van der Waals surface area contributed by atoms with E-state index in [1.54, 1.807) is 6.07 Å². The van der Waals surface area contributed by atoms with E-state index in [2.05, 4.69) is 25.9 Å². The Labute approximate surface area is 95.6 Å². The minimum Gasteiger partial charge on any atom is -0.334 e. The Balaban J connectivity index is 2.72. The van der Waals surface area contributed by atoms with Crippen LogP contribution in [0.1, 0.15) is 5.82 Å². The van der Waals surface area contributed by atoms with E-state index in [1.165, 1.54) is 6.07 Å². The van der Waals surface area contributed by atoms with E-state index in [0.717, 1.165) is 0 Å². The van der Waals surface area contributed by atoms with Crippen LogP contribution in [0.4, 0.5) is 13.2 Å². The second-order valence-electron chi connectivity index (χ2n) is 2.84. The maximum Gasteiger partial charge on any atom is 0.449 e. The Morgan fingerprint density at radius 1 is 1.33 bits per heavy atom. The molecule has 80 valence electrons. The first-order valence-electron chi connectivity index (χ1n) is 3.80. The van der Waals surface area contributed by atoms with Gasteiger partial charge in [-0.05, 0) is 28.1 Å². The van der Waals surface area contributed by atoms with Crippen LogP contribution in [-0.2, 0) is 6.18 Å². The normalized spacial score (nSPS) is 12.3. The summed E-state index contributed by atoms with van der Waals surface area (Å²) in [5.74, 6) is -1.04. The maximum atomic E-state index is 12.3. The van der Waals surface area contributed by atoms with Gasteiger partial charge in [0, 0.05) is 4.47 Å². The second kappa shape index (κ2) is 3.38. The Morgan fingerprint density at radius 3 is 2.60 bits per heavy atom. The predicted octanol–water partition coefficient (Wildman–Crippen LogP) is 4.00. The van der Waals surface area contributed by atoms with Gasteiger partial charge < -0.3 is 4.98 Å². The number of aromatic nitrogens is 2. The van der Waals surface area contributed by atoms with Crippen molar-refractivity contribution >= 4 is 38.6 Å². The Hall–Kier alpha value is -0.750. The maximum absolute atomic E-state index is 12.3. The van der Waals surface area contributed by atoms with Gasteiger partial charge in [-0.3, -0.25) is 0 Å². The van der Waals surface area contributed by atoms with Crippen LogP contribution in [0.25, 0.3) is 11.0 Å². The minimum atomic E-state index is -4.49. The fourth-order valence-electron chi connectivity index (χ4n) is 1.15. The molecule has 0 atom stereocenters. The van der Waals surface area contributed by atoms with E-state index in [1.807, 2.05) is 0 Å². The van der Waals surface area contributed by atoms with Gasteiger partial charge in [0.15, 0.2) is 0 Å². The van der Waals surface area contributed by atoms with Crippen molar-refractivity contribution < 1.29 is 13.2 Å². The molecule has 15 heavy (non-hydrogen) atoms. The number of hydrogen-bond acceptors (Lipinski definition) is 1. The fraction of sp³-hybridized carbons (Fsp3) is 0.125. The zero-order chi connectivity index (χ0) is 11.2. The second-order valence-corrected chi connectivity index (χ2v) is 4.07. The zero-order valence-corrected chi connectivity index (χ0v) is 9.33. The number of alkyl halides is 3.